The predicted molar refractivity (Wildman–Crippen MR) is 51.9 cm³/mol. The molecule has 0 aromatic carbocycles. The van der Waals surface area contributed by atoms with Crippen LogP contribution in [-0.2, 0) is 14.3 Å². The first-order valence-electron chi connectivity index (χ1n) is 5.74. The fourth-order valence-electron chi connectivity index (χ4n) is 3.22. The molecule has 0 saturated carbocycles. The first-order valence-corrected chi connectivity index (χ1v) is 5.74. The lowest BCUT2D eigenvalue weighted by molar-refractivity contribution is -0.142. The highest BCUT2D eigenvalue weighted by Gasteiger charge is 2.61. The van der Waals surface area contributed by atoms with Gasteiger partial charge in [-0.05, 0) is 19.3 Å². The van der Waals surface area contributed by atoms with Gasteiger partial charge in [0.2, 0.25) is 11.8 Å². The molecular weight excluding hydrogens is 194 g/mol. The zero-order chi connectivity index (χ0) is 10.6. The summed E-state index contributed by atoms with van der Waals surface area (Å²) < 4.78 is 5.64. The Morgan fingerprint density at radius 3 is 2.20 bits per heavy atom. The molecular formula is C11H15NO3. The maximum Gasteiger partial charge on any atom is 0.235 e. The Hall–Kier alpha value is -0.900. The fourth-order valence-corrected chi connectivity index (χ4v) is 3.22. The van der Waals surface area contributed by atoms with E-state index in [9.17, 15) is 9.59 Å². The number of carbonyl (C=O) groups is 2. The van der Waals surface area contributed by atoms with Crippen LogP contribution in [0.25, 0.3) is 0 Å². The van der Waals surface area contributed by atoms with Crippen LogP contribution in [0.5, 0.6) is 0 Å². The first kappa shape index (κ1) is 9.33. The zero-order valence-corrected chi connectivity index (χ0v) is 8.81. The number of hydrogen-bond acceptors (Lipinski definition) is 3. The monoisotopic (exact) mass is 209 g/mol. The molecule has 0 aromatic rings. The van der Waals surface area contributed by atoms with Crippen LogP contribution in [0.2, 0.25) is 0 Å². The molecule has 4 atom stereocenters. The largest absolute Gasteiger partial charge is 0.373 e. The molecule has 3 rings (SSSR count). The zero-order valence-electron chi connectivity index (χ0n) is 8.81. The molecule has 0 aromatic heterocycles. The van der Waals surface area contributed by atoms with E-state index in [1.807, 2.05) is 6.92 Å². The summed E-state index contributed by atoms with van der Waals surface area (Å²) in [6.07, 6.45) is 2.79. The van der Waals surface area contributed by atoms with Gasteiger partial charge in [0.25, 0.3) is 0 Å². The van der Waals surface area contributed by atoms with Crippen LogP contribution in [0, 0.1) is 11.8 Å². The van der Waals surface area contributed by atoms with Crippen molar-refractivity contribution < 1.29 is 14.3 Å². The highest BCUT2D eigenvalue weighted by Crippen LogP contribution is 2.48. The second-order valence-corrected chi connectivity index (χ2v) is 4.67. The molecule has 3 fully saturated rings. The summed E-state index contributed by atoms with van der Waals surface area (Å²) in [4.78, 5) is 25.5. The molecule has 0 spiro atoms. The van der Waals surface area contributed by atoms with E-state index in [0.717, 1.165) is 19.3 Å². The quantitative estimate of drug-likeness (QED) is 0.624. The van der Waals surface area contributed by atoms with Crippen LogP contribution < -0.4 is 0 Å². The number of ether oxygens (including phenoxy) is 1. The molecule has 3 saturated heterocycles. The van der Waals surface area contributed by atoms with Gasteiger partial charge in [0.05, 0.1) is 24.0 Å². The molecule has 3 heterocycles. The summed E-state index contributed by atoms with van der Waals surface area (Å²) >= 11 is 0. The molecule has 3 aliphatic rings. The number of amides is 2. The van der Waals surface area contributed by atoms with Crippen molar-refractivity contribution in [3.8, 4) is 0 Å². The second kappa shape index (κ2) is 3.04. The van der Waals surface area contributed by atoms with Crippen LogP contribution in [0.1, 0.15) is 26.2 Å². The minimum atomic E-state index is -0.150. The van der Waals surface area contributed by atoms with Gasteiger partial charge in [-0.2, -0.15) is 0 Å². The highest BCUT2D eigenvalue weighted by molar-refractivity contribution is 6.06. The summed E-state index contributed by atoms with van der Waals surface area (Å²) in [5.41, 5.74) is 0. The smallest absolute Gasteiger partial charge is 0.235 e. The average Bonchev–Trinajstić information content (AvgIpc) is 2.87. The van der Waals surface area contributed by atoms with Crippen molar-refractivity contribution in [2.24, 2.45) is 11.8 Å². The van der Waals surface area contributed by atoms with Crippen molar-refractivity contribution in [1.82, 2.24) is 4.90 Å². The van der Waals surface area contributed by atoms with Crippen LogP contribution in [-0.4, -0.2) is 35.5 Å². The van der Waals surface area contributed by atoms with Gasteiger partial charge in [0, 0.05) is 6.54 Å². The Kier molecular flexibility index (Phi) is 1.89. The Morgan fingerprint density at radius 1 is 1.20 bits per heavy atom. The van der Waals surface area contributed by atoms with E-state index in [2.05, 4.69) is 0 Å². The van der Waals surface area contributed by atoms with Crippen LogP contribution in [0.4, 0.5) is 0 Å². The highest BCUT2D eigenvalue weighted by atomic mass is 16.5. The van der Waals surface area contributed by atoms with Crippen LogP contribution >= 0.6 is 0 Å². The van der Waals surface area contributed by atoms with E-state index in [4.69, 9.17) is 4.74 Å². The van der Waals surface area contributed by atoms with Gasteiger partial charge >= 0.3 is 0 Å². The molecule has 0 unspecified atom stereocenters. The number of imide groups is 1. The summed E-state index contributed by atoms with van der Waals surface area (Å²) in [6.45, 7) is 2.56. The maximum absolute atomic E-state index is 12.0. The minimum Gasteiger partial charge on any atom is -0.373 e. The van der Waals surface area contributed by atoms with Crippen molar-refractivity contribution in [2.45, 2.75) is 38.4 Å². The van der Waals surface area contributed by atoms with Crippen molar-refractivity contribution in [3.63, 3.8) is 0 Å². The number of fused-ring (bicyclic) bond motifs is 5. The van der Waals surface area contributed by atoms with Crippen LogP contribution in [0.3, 0.4) is 0 Å². The van der Waals surface area contributed by atoms with Crippen molar-refractivity contribution in [3.05, 3.63) is 0 Å². The third kappa shape index (κ3) is 1.06. The number of likely N-dealkylation sites (tertiary alicyclic amines) is 1. The molecule has 0 N–H and O–H groups in total. The fraction of sp³-hybridized carbons (Fsp3) is 0.818. The third-order valence-electron chi connectivity index (χ3n) is 3.82. The molecule has 0 radical (unpaired) electrons. The van der Waals surface area contributed by atoms with Crippen molar-refractivity contribution in [1.29, 1.82) is 0 Å². The molecule has 4 nitrogen and oxygen atoms in total. The van der Waals surface area contributed by atoms with Crippen molar-refractivity contribution in [2.75, 3.05) is 6.54 Å². The lowest BCUT2D eigenvalue weighted by atomic mass is 9.81. The van der Waals surface area contributed by atoms with Gasteiger partial charge in [0.15, 0.2) is 0 Å². The van der Waals surface area contributed by atoms with Gasteiger partial charge in [-0.15, -0.1) is 0 Å². The van der Waals surface area contributed by atoms with E-state index in [1.54, 1.807) is 0 Å². The third-order valence-corrected chi connectivity index (χ3v) is 3.82. The van der Waals surface area contributed by atoms with Gasteiger partial charge in [-0.3, -0.25) is 14.5 Å². The Bertz CT molecular complexity index is 300. The Balaban J connectivity index is 1.90. The molecule has 82 valence electrons. The van der Waals surface area contributed by atoms with Gasteiger partial charge in [0.1, 0.15) is 0 Å². The van der Waals surface area contributed by atoms with Gasteiger partial charge in [-0.25, -0.2) is 0 Å². The van der Waals surface area contributed by atoms with Gasteiger partial charge < -0.3 is 4.74 Å². The van der Waals surface area contributed by atoms with E-state index in [1.165, 1.54) is 4.90 Å². The van der Waals surface area contributed by atoms with E-state index in [-0.39, 0.29) is 35.9 Å². The number of nitrogens with zero attached hydrogens (tertiary/aromatic N) is 1. The lowest BCUT2D eigenvalue weighted by Crippen LogP contribution is -2.34. The molecule has 0 aliphatic carbocycles. The Labute approximate surface area is 88.6 Å². The molecule has 3 aliphatic heterocycles. The summed E-state index contributed by atoms with van der Waals surface area (Å²) in [5, 5.41) is 0. The summed E-state index contributed by atoms with van der Waals surface area (Å²) in [6, 6.07) is 0. The Morgan fingerprint density at radius 2 is 1.73 bits per heavy atom. The van der Waals surface area contributed by atoms with E-state index >= 15 is 0 Å². The van der Waals surface area contributed by atoms with Crippen molar-refractivity contribution >= 4 is 11.8 Å². The first-order chi connectivity index (χ1) is 7.24. The summed E-state index contributed by atoms with van der Waals surface area (Å²) in [5.74, 6) is -0.274. The second-order valence-electron chi connectivity index (χ2n) is 4.67. The van der Waals surface area contributed by atoms with E-state index in [0.29, 0.717) is 6.54 Å². The van der Waals surface area contributed by atoms with Gasteiger partial charge in [-0.1, -0.05) is 6.92 Å². The number of rotatable bonds is 2. The normalized spacial score (nSPS) is 42.9. The lowest BCUT2D eigenvalue weighted by Gasteiger charge is -2.15. The molecule has 4 heteroatoms. The standard InChI is InChI=1S/C11H15NO3/c1-2-5-12-10(13)8-6-3-4-7(15-6)9(8)11(12)14/h6-9H,2-5H2,1H3/t6-,7-,8-,9+/m0/s1. The average molecular weight is 209 g/mol. The van der Waals surface area contributed by atoms with Crippen LogP contribution in [0.15, 0.2) is 0 Å². The summed E-state index contributed by atoms with van der Waals surface area (Å²) in [7, 11) is 0. The molecule has 15 heavy (non-hydrogen) atoms. The maximum atomic E-state index is 12.0. The van der Waals surface area contributed by atoms with E-state index < -0.39 is 0 Å². The number of carbonyl (C=O) groups excluding carboxylic acids is 2. The number of hydrogen-bond donors (Lipinski definition) is 0. The minimum absolute atomic E-state index is 0.0130. The molecule has 2 bridgehead atoms. The topological polar surface area (TPSA) is 46.6 Å². The molecule has 2 amide bonds. The predicted octanol–water partition coefficient (Wildman–Crippen LogP) is 0.559. The SMILES string of the molecule is CCCN1C(=O)[C@@H]2[C@H](C1=O)[C@@H]1CC[C@@H]2O1.